The van der Waals surface area contributed by atoms with Gasteiger partial charge in [0, 0.05) is 71.5 Å². The first kappa shape index (κ1) is 67.1. The Hall–Kier alpha value is -10.4. The van der Waals surface area contributed by atoms with Gasteiger partial charge in [0.2, 0.25) is 0 Å². The second-order valence-electron chi connectivity index (χ2n) is 22.7. The molecular formula is C83H65B4Br2O7+. The first-order valence-electron chi connectivity index (χ1n) is 30.6. The average Bonchev–Trinajstić information content (AvgIpc) is 0.759. The van der Waals surface area contributed by atoms with Crippen molar-refractivity contribution in [3.63, 3.8) is 0 Å². The van der Waals surface area contributed by atoms with Gasteiger partial charge < -0.3 is 24.3 Å². The van der Waals surface area contributed by atoms with Crippen LogP contribution in [0.25, 0.3) is 22.3 Å². The van der Waals surface area contributed by atoms with Crippen LogP contribution in [0, 0.1) is 6.08 Å². The first-order chi connectivity index (χ1) is 45.7. The predicted octanol–water partition coefficient (Wildman–Crippen LogP) is 14.3. The highest BCUT2D eigenvalue weighted by molar-refractivity contribution is 9.11. The molecule has 0 amide bonds. The van der Waals surface area contributed by atoms with Gasteiger partial charge in [-0.2, -0.15) is 0 Å². The monoisotopic (exact) mass is 1380 g/mol. The van der Waals surface area contributed by atoms with Gasteiger partial charge in [0.25, 0.3) is 20.1 Å². The molecule has 0 saturated heterocycles. The third-order valence-corrected chi connectivity index (χ3v) is 18.6. The van der Waals surface area contributed by atoms with Crippen LogP contribution in [0.1, 0.15) is 54.1 Å². The summed E-state index contributed by atoms with van der Waals surface area (Å²) in [4.78, 5) is 27.3. The molecule has 3 heterocycles. The summed E-state index contributed by atoms with van der Waals surface area (Å²) < 4.78 is 21.1. The number of benzene rings is 12. The molecule has 0 saturated carbocycles. The third-order valence-electron chi connectivity index (χ3n) is 17.2. The fourth-order valence-corrected chi connectivity index (χ4v) is 13.9. The normalized spacial score (nSPS) is 12.1. The van der Waals surface area contributed by atoms with E-state index >= 15 is 4.79 Å². The predicted molar refractivity (Wildman–Crippen MR) is 407 cm³/mol. The number of carbonyl (C=O) groups is 2. The third kappa shape index (κ3) is 13.1. The molecule has 96 heavy (non-hydrogen) atoms. The van der Waals surface area contributed by atoms with Gasteiger partial charge in [-0.05, 0) is 86.4 Å². The zero-order valence-electron chi connectivity index (χ0n) is 49.9. The van der Waals surface area contributed by atoms with E-state index in [0.717, 1.165) is 98.2 Å². The zero-order valence-corrected chi connectivity index (χ0v) is 53.1. The summed E-state index contributed by atoms with van der Waals surface area (Å²) in [6.07, 6.45) is 10.9. The van der Waals surface area contributed by atoms with Crippen LogP contribution in [0.4, 0.5) is 0 Å². The van der Waals surface area contributed by atoms with Gasteiger partial charge in [-0.25, -0.2) is 0 Å². The number of rotatable bonds is 10. The lowest BCUT2D eigenvalue weighted by molar-refractivity contribution is 0.103. The minimum atomic E-state index is -1.57. The lowest BCUT2D eigenvalue weighted by Crippen LogP contribution is -2.54. The van der Waals surface area contributed by atoms with Crippen molar-refractivity contribution in [1.29, 1.82) is 0 Å². The molecule has 7 nitrogen and oxygen atoms in total. The molecule has 0 atom stereocenters. The van der Waals surface area contributed by atoms with E-state index in [1.807, 2.05) is 194 Å². The minimum Gasteiger partial charge on any atom is -0.459 e. The molecular weight excluding hydrogens is 1310 g/mol. The second kappa shape index (κ2) is 29.9. The maximum absolute atomic E-state index is 15.1. The van der Waals surface area contributed by atoms with Crippen molar-refractivity contribution in [3.8, 4) is 56.8 Å². The molecule has 0 radical (unpaired) electrons. The molecule has 13 heteroatoms. The second-order valence-corrected chi connectivity index (χ2v) is 24.4. The first-order valence-corrected chi connectivity index (χ1v) is 32.2. The SMILES string of the molecule is C.C.C.O=C(c1ccccc1-c1cccc2c1Oc1ccccc1B2c1ccccc1)c1ccccc1-c1cccc2c1Oc1ccccc1B2c1ccccc1.O=C(c1ccccc1Br)c1ccccc1Br.OB(O)c1cccc2c1Oc1ccccc1B2C1=CC=[C+]C=C1. The number of para-hydroxylation sites is 6. The zero-order chi connectivity index (χ0) is 63.4. The summed E-state index contributed by atoms with van der Waals surface area (Å²) in [6, 6.07) is 94.1. The molecule has 464 valence electrons. The highest BCUT2D eigenvalue weighted by Gasteiger charge is 2.39. The molecule has 0 fully saturated rings. The molecule has 0 bridgehead atoms. The van der Waals surface area contributed by atoms with Gasteiger partial charge in [-0.1, -0.05) is 308 Å². The number of ether oxygens (including phenoxy) is 3. The fraction of sp³-hybridized carbons (Fsp3) is 0.0361. The summed E-state index contributed by atoms with van der Waals surface area (Å²) in [5.74, 6) is 4.41. The molecule has 4 aliphatic rings. The molecule has 3 aliphatic heterocycles. The molecule has 16 rings (SSSR count). The topological polar surface area (TPSA) is 102 Å². The maximum Gasteiger partial charge on any atom is 0.492 e. The molecule has 0 spiro atoms. The van der Waals surface area contributed by atoms with Crippen molar-refractivity contribution in [2.24, 2.45) is 0 Å². The number of hydrogen-bond donors (Lipinski definition) is 2. The van der Waals surface area contributed by atoms with E-state index in [4.69, 9.17) is 14.2 Å². The Morgan fingerprint density at radius 1 is 0.354 bits per heavy atom. The molecule has 0 unspecified atom stereocenters. The Morgan fingerprint density at radius 2 is 0.698 bits per heavy atom. The minimum absolute atomic E-state index is 0. The van der Waals surface area contributed by atoms with E-state index < -0.39 is 7.12 Å². The summed E-state index contributed by atoms with van der Waals surface area (Å²) >= 11 is 6.77. The Kier molecular flexibility index (Phi) is 20.9. The largest absolute Gasteiger partial charge is 0.492 e. The van der Waals surface area contributed by atoms with Crippen LogP contribution < -0.4 is 63.4 Å². The van der Waals surface area contributed by atoms with E-state index in [-0.39, 0.29) is 54.0 Å². The number of allylic oxidation sites excluding steroid dienone is 6. The van der Waals surface area contributed by atoms with E-state index in [0.29, 0.717) is 33.5 Å². The van der Waals surface area contributed by atoms with E-state index in [2.05, 4.69) is 147 Å². The van der Waals surface area contributed by atoms with Crippen LogP contribution >= 0.6 is 31.9 Å². The molecule has 12 aromatic rings. The quantitative estimate of drug-likeness (QED) is 0.0799. The molecule has 12 aromatic carbocycles. The molecule has 1 aliphatic carbocycles. The Morgan fingerprint density at radius 3 is 1.14 bits per heavy atom. The van der Waals surface area contributed by atoms with Crippen LogP contribution in [0.3, 0.4) is 0 Å². The van der Waals surface area contributed by atoms with Crippen molar-refractivity contribution >= 4 is 120 Å². The van der Waals surface area contributed by atoms with E-state index in [1.54, 1.807) is 6.07 Å². The summed E-state index contributed by atoms with van der Waals surface area (Å²) in [5, 5.41) is 19.3. The lowest BCUT2D eigenvalue weighted by atomic mass is 9.34. The van der Waals surface area contributed by atoms with Gasteiger partial charge in [-0.3, -0.25) is 9.59 Å². The van der Waals surface area contributed by atoms with Crippen LogP contribution in [0.5, 0.6) is 34.5 Å². The van der Waals surface area contributed by atoms with Crippen LogP contribution in [0.2, 0.25) is 0 Å². The number of ketones is 2. The van der Waals surface area contributed by atoms with Crippen LogP contribution in [-0.2, 0) is 0 Å². The van der Waals surface area contributed by atoms with Crippen molar-refractivity contribution in [2.45, 2.75) is 22.3 Å². The van der Waals surface area contributed by atoms with Crippen LogP contribution in [-0.4, -0.2) is 48.9 Å². The summed E-state index contributed by atoms with van der Waals surface area (Å²) in [6.45, 7) is -0.0316. The average molecular weight is 1380 g/mol. The standard InChI is InChI=1S/C49H32B2O3.C18H13B2O3.C13H8Br2O.3CH4/c52-47(37-23-9-7-21-35(37)39-25-15-29-43-48(39)53-45-31-13-11-27-41(45)50(43)33-17-3-1-4-18-33)38-24-10-8-22-36(38)40-26-16-30-44-49(40)54-46-32-14-12-28-42(46)51(44)34-19-5-2-6-20-34;21-20(22)16-11-6-10-15-18(16)23-17-12-5-4-9-14(17)19(15)13-7-2-1-3-8-13;14-11-7-3-1-5-9(11)13(16)10-6-2-4-8-12(10)15;;;/h1-32H;2-12,21-22H;1-8H;3*1H4/q;+1;;;;. The van der Waals surface area contributed by atoms with Crippen LogP contribution in [0.15, 0.2) is 324 Å². The van der Waals surface area contributed by atoms with Gasteiger partial charge in [0.15, 0.2) is 11.6 Å². The highest BCUT2D eigenvalue weighted by atomic mass is 79.9. The van der Waals surface area contributed by atoms with Crippen molar-refractivity contribution in [3.05, 3.63) is 352 Å². The van der Waals surface area contributed by atoms with Crippen molar-refractivity contribution in [1.82, 2.24) is 0 Å². The number of fused-ring (bicyclic) bond motifs is 6. The smallest absolute Gasteiger partial charge is 0.459 e. The van der Waals surface area contributed by atoms with Crippen molar-refractivity contribution in [2.75, 3.05) is 0 Å². The maximum atomic E-state index is 15.1. The summed E-state index contributed by atoms with van der Waals surface area (Å²) in [7, 11) is -1.57. The Bertz CT molecular complexity index is 4700. The molecule has 0 aromatic heterocycles. The van der Waals surface area contributed by atoms with E-state index in [1.165, 1.54) is 10.9 Å². The fourth-order valence-electron chi connectivity index (χ4n) is 13.0. The van der Waals surface area contributed by atoms with Gasteiger partial charge in [-0.15, -0.1) is 0 Å². The number of hydrogen-bond acceptors (Lipinski definition) is 7. The number of halogens is 2. The highest BCUT2D eigenvalue weighted by Crippen LogP contribution is 2.41. The number of carbonyl (C=O) groups excluding carboxylic acids is 2. The van der Waals surface area contributed by atoms with Gasteiger partial charge in [0.1, 0.15) is 46.6 Å². The lowest BCUT2D eigenvalue weighted by Gasteiger charge is -2.29. The van der Waals surface area contributed by atoms with Gasteiger partial charge in [0.05, 0.1) is 0 Å². The Labute approximate surface area is 580 Å². The van der Waals surface area contributed by atoms with Crippen molar-refractivity contribution < 1.29 is 33.8 Å². The van der Waals surface area contributed by atoms with E-state index in [9.17, 15) is 14.8 Å². The molecule has 2 N–H and O–H groups in total. The Balaban J connectivity index is 0.000000183. The van der Waals surface area contributed by atoms with Gasteiger partial charge >= 0.3 is 7.12 Å². The summed E-state index contributed by atoms with van der Waals surface area (Å²) in [5.41, 5.74) is 16.2.